The van der Waals surface area contributed by atoms with E-state index in [1.165, 1.54) is 6.92 Å². The molecule has 90 valence electrons. The summed E-state index contributed by atoms with van der Waals surface area (Å²) in [7, 11) is 0. The van der Waals surface area contributed by atoms with E-state index in [-0.39, 0.29) is 0 Å². The van der Waals surface area contributed by atoms with Crippen molar-refractivity contribution in [2.24, 2.45) is 0 Å². The zero-order valence-corrected chi connectivity index (χ0v) is 8.32. The smallest absolute Gasteiger partial charge is 0.173 e. The van der Waals surface area contributed by atoms with Gasteiger partial charge in [0.1, 0.15) is 24.5 Å². The first-order valence-corrected chi connectivity index (χ1v) is 4.72. The van der Waals surface area contributed by atoms with Crippen LogP contribution in [-0.4, -0.2) is 69.0 Å². The molecule has 3 unspecified atom stereocenters. The molecule has 6 N–H and O–H groups in total. The monoisotopic (exact) mass is 223 g/mol. The largest absolute Gasteiger partial charge is 0.394 e. The van der Waals surface area contributed by atoms with Gasteiger partial charge in [-0.1, -0.05) is 0 Å². The van der Waals surface area contributed by atoms with Crippen LogP contribution >= 0.6 is 0 Å². The van der Waals surface area contributed by atoms with E-state index in [2.05, 4.69) is 5.32 Å². The maximum absolute atomic E-state index is 9.58. The fourth-order valence-corrected chi connectivity index (χ4v) is 1.56. The highest BCUT2D eigenvalue weighted by Gasteiger charge is 2.43. The molecule has 1 aliphatic heterocycles. The minimum Gasteiger partial charge on any atom is -0.394 e. The molecule has 0 saturated carbocycles. The highest BCUT2D eigenvalue weighted by atomic mass is 16.6. The Balaban J connectivity index is 2.66. The summed E-state index contributed by atoms with van der Waals surface area (Å²) in [4.78, 5) is 0. The molecule has 1 fully saturated rings. The van der Waals surface area contributed by atoms with Crippen LogP contribution in [0.2, 0.25) is 0 Å². The lowest BCUT2D eigenvalue weighted by Gasteiger charge is -2.40. The van der Waals surface area contributed by atoms with Crippen molar-refractivity contribution >= 4 is 0 Å². The standard InChI is InChI=1S/C8H17NO6/c1-3(11)9-5-7(13)6(12)4(2-10)15-8(5)14/h3-14H,2H2,1H3/t3?,4-,5?,6-,7-,8?/m1/s1. The van der Waals surface area contributed by atoms with Gasteiger partial charge in [0.15, 0.2) is 6.29 Å². The summed E-state index contributed by atoms with van der Waals surface area (Å²) in [5.74, 6) is 0. The molecule has 0 aromatic carbocycles. The molecule has 0 amide bonds. The summed E-state index contributed by atoms with van der Waals surface area (Å²) in [6.07, 6.45) is -6.01. The van der Waals surface area contributed by atoms with Gasteiger partial charge in [0.25, 0.3) is 0 Å². The molecule has 15 heavy (non-hydrogen) atoms. The minimum absolute atomic E-state index is 0.503. The van der Waals surface area contributed by atoms with Crippen LogP contribution in [0.15, 0.2) is 0 Å². The Bertz CT molecular complexity index is 202. The summed E-state index contributed by atoms with van der Waals surface area (Å²) < 4.78 is 4.85. The zero-order chi connectivity index (χ0) is 11.6. The average molecular weight is 223 g/mol. The Kier molecular flexibility index (Phi) is 4.41. The Labute approximate surface area is 86.9 Å². The molecular weight excluding hydrogens is 206 g/mol. The molecule has 0 aliphatic carbocycles. The van der Waals surface area contributed by atoms with Crippen molar-refractivity contribution in [3.8, 4) is 0 Å². The van der Waals surface area contributed by atoms with Crippen LogP contribution in [0.4, 0.5) is 0 Å². The van der Waals surface area contributed by atoms with E-state index in [0.29, 0.717) is 0 Å². The molecule has 1 rings (SSSR count). The highest BCUT2D eigenvalue weighted by molar-refractivity contribution is 4.92. The highest BCUT2D eigenvalue weighted by Crippen LogP contribution is 2.19. The van der Waals surface area contributed by atoms with Crippen molar-refractivity contribution < 1.29 is 30.3 Å². The molecule has 1 aliphatic rings. The lowest BCUT2D eigenvalue weighted by molar-refractivity contribution is -0.257. The van der Waals surface area contributed by atoms with Crippen molar-refractivity contribution in [1.29, 1.82) is 0 Å². The summed E-state index contributed by atoms with van der Waals surface area (Å²) in [5, 5.41) is 48.7. The third-order valence-electron chi connectivity index (χ3n) is 2.33. The summed E-state index contributed by atoms with van der Waals surface area (Å²) in [6.45, 7) is 0.903. The third-order valence-corrected chi connectivity index (χ3v) is 2.33. The molecule has 0 spiro atoms. The SMILES string of the molecule is CC(O)NC1C(O)O[C@H](CO)[C@@H](O)[C@@H]1O. The Morgan fingerprint density at radius 2 is 1.87 bits per heavy atom. The lowest BCUT2D eigenvalue weighted by Crippen LogP contribution is -2.64. The minimum atomic E-state index is -1.39. The van der Waals surface area contributed by atoms with Crippen LogP contribution in [0.1, 0.15) is 6.92 Å². The normalized spacial score (nSPS) is 44.0. The maximum atomic E-state index is 9.58. The van der Waals surface area contributed by atoms with E-state index in [4.69, 9.17) is 14.9 Å². The van der Waals surface area contributed by atoms with E-state index < -0.39 is 43.5 Å². The molecule has 0 radical (unpaired) electrons. The van der Waals surface area contributed by atoms with Gasteiger partial charge in [-0.25, -0.2) is 0 Å². The molecular formula is C8H17NO6. The first-order valence-electron chi connectivity index (χ1n) is 4.72. The van der Waals surface area contributed by atoms with Crippen molar-refractivity contribution in [2.75, 3.05) is 6.61 Å². The van der Waals surface area contributed by atoms with Gasteiger partial charge in [-0.3, -0.25) is 5.32 Å². The second-order valence-corrected chi connectivity index (χ2v) is 3.60. The van der Waals surface area contributed by atoms with Gasteiger partial charge in [0.05, 0.1) is 12.6 Å². The van der Waals surface area contributed by atoms with Crippen molar-refractivity contribution in [3.05, 3.63) is 0 Å². The average Bonchev–Trinajstić information content (AvgIpc) is 2.18. The fraction of sp³-hybridized carbons (Fsp3) is 1.00. The van der Waals surface area contributed by atoms with Crippen LogP contribution in [-0.2, 0) is 4.74 Å². The molecule has 7 nitrogen and oxygen atoms in total. The van der Waals surface area contributed by atoms with E-state index in [1.54, 1.807) is 0 Å². The summed E-state index contributed by atoms with van der Waals surface area (Å²) in [5.41, 5.74) is 0. The molecule has 1 saturated heterocycles. The summed E-state index contributed by atoms with van der Waals surface area (Å²) in [6, 6.07) is -0.997. The number of hydrogen-bond donors (Lipinski definition) is 6. The first kappa shape index (κ1) is 12.8. The Morgan fingerprint density at radius 1 is 1.27 bits per heavy atom. The Hall–Kier alpha value is -0.280. The number of ether oxygens (including phenoxy) is 1. The van der Waals surface area contributed by atoms with Crippen LogP contribution in [0.5, 0.6) is 0 Å². The van der Waals surface area contributed by atoms with Crippen molar-refractivity contribution in [2.45, 2.75) is 43.8 Å². The fourth-order valence-electron chi connectivity index (χ4n) is 1.56. The van der Waals surface area contributed by atoms with Crippen LogP contribution in [0, 0.1) is 0 Å². The van der Waals surface area contributed by atoms with Crippen LogP contribution in [0.25, 0.3) is 0 Å². The maximum Gasteiger partial charge on any atom is 0.173 e. The number of hydrogen-bond acceptors (Lipinski definition) is 7. The molecule has 0 aromatic heterocycles. The predicted molar refractivity (Wildman–Crippen MR) is 48.6 cm³/mol. The molecule has 7 heteroatoms. The first-order chi connectivity index (χ1) is 6.97. The second kappa shape index (κ2) is 5.17. The van der Waals surface area contributed by atoms with E-state index in [0.717, 1.165) is 0 Å². The third kappa shape index (κ3) is 2.85. The second-order valence-electron chi connectivity index (χ2n) is 3.60. The van der Waals surface area contributed by atoms with Gasteiger partial charge in [-0.2, -0.15) is 0 Å². The van der Waals surface area contributed by atoms with Gasteiger partial charge in [-0.05, 0) is 6.92 Å². The van der Waals surface area contributed by atoms with Crippen LogP contribution < -0.4 is 5.32 Å². The van der Waals surface area contributed by atoms with Gasteiger partial charge in [-0.15, -0.1) is 0 Å². The Morgan fingerprint density at radius 3 is 2.33 bits per heavy atom. The lowest BCUT2D eigenvalue weighted by atomic mass is 9.97. The number of rotatable bonds is 3. The van der Waals surface area contributed by atoms with Crippen molar-refractivity contribution in [1.82, 2.24) is 5.32 Å². The zero-order valence-electron chi connectivity index (χ0n) is 8.32. The topological polar surface area (TPSA) is 122 Å². The van der Waals surface area contributed by atoms with E-state index >= 15 is 0 Å². The van der Waals surface area contributed by atoms with E-state index in [1.807, 2.05) is 0 Å². The molecule has 0 aromatic rings. The quantitative estimate of drug-likeness (QED) is 0.277. The number of aliphatic hydroxyl groups excluding tert-OH is 5. The van der Waals surface area contributed by atoms with Crippen LogP contribution in [0.3, 0.4) is 0 Å². The van der Waals surface area contributed by atoms with Gasteiger partial charge < -0.3 is 30.3 Å². The summed E-state index contributed by atoms with van der Waals surface area (Å²) >= 11 is 0. The molecule has 0 bridgehead atoms. The van der Waals surface area contributed by atoms with Gasteiger partial charge >= 0.3 is 0 Å². The van der Waals surface area contributed by atoms with Gasteiger partial charge in [0.2, 0.25) is 0 Å². The van der Waals surface area contributed by atoms with Crippen molar-refractivity contribution in [3.63, 3.8) is 0 Å². The molecule has 6 atom stereocenters. The number of aliphatic hydroxyl groups is 5. The van der Waals surface area contributed by atoms with Gasteiger partial charge in [0, 0.05) is 0 Å². The number of nitrogens with one attached hydrogen (secondary N) is 1. The predicted octanol–water partition coefficient (Wildman–Crippen LogP) is -3.29. The molecule has 1 heterocycles. The van der Waals surface area contributed by atoms with E-state index in [9.17, 15) is 15.3 Å².